The molecule has 6 heteroatoms. The number of aryl methyl sites for hydroxylation is 1. The monoisotopic (exact) mass is 255 g/mol. The molecule has 1 aliphatic rings. The van der Waals surface area contributed by atoms with Crippen molar-refractivity contribution >= 4 is 0 Å². The molecule has 1 heterocycles. The standard InChI is InChI=1S/C12H21N3O3/c1-15-4-3-13-10(15)6-14-9-5-8(7-18-2)11(16)12(9)17/h3-4,8-9,11-12,14,16-17H,5-7H2,1-2H3. The lowest BCUT2D eigenvalue weighted by molar-refractivity contribution is -0.00603. The quantitative estimate of drug-likeness (QED) is 0.646. The van der Waals surface area contributed by atoms with Gasteiger partial charge in [0.15, 0.2) is 0 Å². The first kappa shape index (κ1) is 13.5. The topological polar surface area (TPSA) is 79.5 Å². The highest BCUT2D eigenvalue weighted by Gasteiger charge is 2.41. The molecular formula is C12H21N3O3. The van der Waals surface area contributed by atoms with Crippen LogP contribution in [0.5, 0.6) is 0 Å². The smallest absolute Gasteiger partial charge is 0.122 e. The summed E-state index contributed by atoms with van der Waals surface area (Å²) in [6.07, 6.45) is 2.87. The first-order chi connectivity index (χ1) is 8.63. The van der Waals surface area contributed by atoms with E-state index in [0.29, 0.717) is 19.6 Å². The molecular weight excluding hydrogens is 234 g/mol. The van der Waals surface area contributed by atoms with Crippen molar-refractivity contribution in [1.29, 1.82) is 0 Å². The highest BCUT2D eigenvalue weighted by molar-refractivity contribution is 4.97. The second-order valence-electron chi connectivity index (χ2n) is 4.87. The molecule has 0 radical (unpaired) electrons. The van der Waals surface area contributed by atoms with E-state index in [-0.39, 0.29) is 12.0 Å². The number of aliphatic hydroxyl groups excluding tert-OH is 2. The van der Waals surface area contributed by atoms with Gasteiger partial charge in [0.2, 0.25) is 0 Å². The number of ether oxygens (including phenoxy) is 1. The summed E-state index contributed by atoms with van der Waals surface area (Å²) in [4.78, 5) is 4.21. The van der Waals surface area contributed by atoms with Crippen LogP contribution in [-0.4, -0.2) is 51.7 Å². The maximum atomic E-state index is 9.96. The minimum atomic E-state index is -0.745. The summed E-state index contributed by atoms with van der Waals surface area (Å²) in [7, 11) is 3.53. The molecule has 0 saturated heterocycles. The van der Waals surface area contributed by atoms with Gasteiger partial charge in [-0.3, -0.25) is 0 Å². The predicted octanol–water partition coefficient (Wildman–Crippen LogP) is -0.734. The van der Waals surface area contributed by atoms with Crippen molar-refractivity contribution < 1.29 is 14.9 Å². The van der Waals surface area contributed by atoms with Gasteiger partial charge in [-0.1, -0.05) is 0 Å². The Labute approximate surface area is 107 Å². The van der Waals surface area contributed by atoms with E-state index in [4.69, 9.17) is 4.74 Å². The second-order valence-corrected chi connectivity index (χ2v) is 4.87. The van der Waals surface area contributed by atoms with E-state index in [2.05, 4.69) is 10.3 Å². The summed E-state index contributed by atoms with van der Waals surface area (Å²) in [5.74, 6) is 0.899. The van der Waals surface area contributed by atoms with Crippen molar-refractivity contribution in [2.24, 2.45) is 13.0 Å². The van der Waals surface area contributed by atoms with Crippen molar-refractivity contribution in [1.82, 2.24) is 14.9 Å². The van der Waals surface area contributed by atoms with Crippen LogP contribution in [0.4, 0.5) is 0 Å². The minimum absolute atomic E-state index is 0.0103. The summed E-state index contributed by atoms with van der Waals surface area (Å²) < 4.78 is 6.97. The molecule has 0 spiro atoms. The van der Waals surface area contributed by atoms with Crippen LogP contribution >= 0.6 is 0 Å². The fraction of sp³-hybridized carbons (Fsp3) is 0.750. The number of hydrogen-bond donors (Lipinski definition) is 3. The third-order valence-corrected chi connectivity index (χ3v) is 3.63. The number of aromatic nitrogens is 2. The fourth-order valence-electron chi connectivity index (χ4n) is 2.50. The average molecular weight is 255 g/mol. The molecule has 1 saturated carbocycles. The van der Waals surface area contributed by atoms with E-state index < -0.39 is 12.2 Å². The van der Waals surface area contributed by atoms with E-state index in [1.807, 2.05) is 17.8 Å². The van der Waals surface area contributed by atoms with Gasteiger partial charge in [0.25, 0.3) is 0 Å². The number of rotatable bonds is 5. The third-order valence-electron chi connectivity index (χ3n) is 3.63. The molecule has 0 bridgehead atoms. The van der Waals surface area contributed by atoms with E-state index in [0.717, 1.165) is 5.82 Å². The highest BCUT2D eigenvalue weighted by Crippen LogP contribution is 2.27. The molecule has 2 rings (SSSR count). The van der Waals surface area contributed by atoms with E-state index in [1.165, 1.54) is 0 Å². The SMILES string of the molecule is COCC1CC(NCc2nccn2C)C(O)C1O. The van der Waals surface area contributed by atoms with Gasteiger partial charge in [-0.15, -0.1) is 0 Å². The van der Waals surface area contributed by atoms with Crippen LogP contribution in [0, 0.1) is 5.92 Å². The minimum Gasteiger partial charge on any atom is -0.390 e. The van der Waals surface area contributed by atoms with Crippen LogP contribution in [0.25, 0.3) is 0 Å². The van der Waals surface area contributed by atoms with Gasteiger partial charge < -0.3 is 24.8 Å². The lowest BCUT2D eigenvalue weighted by Gasteiger charge is -2.17. The summed E-state index contributed by atoms with van der Waals surface area (Å²) >= 11 is 0. The highest BCUT2D eigenvalue weighted by atomic mass is 16.5. The molecule has 4 atom stereocenters. The maximum Gasteiger partial charge on any atom is 0.122 e. The van der Waals surface area contributed by atoms with E-state index >= 15 is 0 Å². The largest absolute Gasteiger partial charge is 0.390 e. The third kappa shape index (κ3) is 2.72. The Morgan fingerprint density at radius 2 is 2.28 bits per heavy atom. The van der Waals surface area contributed by atoms with Crippen LogP contribution in [0.15, 0.2) is 12.4 Å². The summed E-state index contributed by atoms with van der Waals surface area (Å²) in [5, 5.41) is 23.1. The number of methoxy groups -OCH3 is 1. The molecule has 1 aromatic heterocycles. The van der Waals surface area contributed by atoms with Gasteiger partial charge in [-0.05, 0) is 6.42 Å². The zero-order valence-corrected chi connectivity index (χ0v) is 10.8. The number of hydrogen-bond acceptors (Lipinski definition) is 5. The van der Waals surface area contributed by atoms with E-state index in [1.54, 1.807) is 13.3 Å². The van der Waals surface area contributed by atoms with Gasteiger partial charge in [-0.2, -0.15) is 0 Å². The predicted molar refractivity (Wildman–Crippen MR) is 65.8 cm³/mol. The molecule has 18 heavy (non-hydrogen) atoms. The van der Waals surface area contributed by atoms with Crippen molar-refractivity contribution in [2.75, 3.05) is 13.7 Å². The zero-order valence-electron chi connectivity index (χ0n) is 10.8. The van der Waals surface area contributed by atoms with Crippen molar-refractivity contribution in [3.63, 3.8) is 0 Å². The van der Waals surface area contributed by atoms with Crippen LogP contribution in [0.1, 0.15) is 12.2 Å². The molecule has 102 valence electrons. The Hall–Kier alpha value is -0.950. The molecule has 6 nitrogen and oxygen atoms in total. The molecule has 1 aliphatic carbocycles. The lowest BCUT2D eigenvalue weighted by Crippen LogP contribution is -2.40. The molecule has 3 N–H and O–H groups in total. The van der Waals surface area contributed by atoms with Crippen LogP contribution in [-0.2, 0) is 18.3 Å². The van der Waals surface area contributed by atoms with Crippen molar-refractivity contribution in [3.8, 4) is 0 Å². The molecule has 0 aromatic carbocycles. The molecule has 0 amide bonds. The molecule has 1 aromatic rings. The number of aliphatic hydroxyl groups is 2. The van der Waals surface area contributed by atoms with Gasteiger partial charge in [-0.25, -0.2) is 4.98 Å². The molecule has 1 fully saturated rings. The van der Waals surface area contributed by atoms with E-state index in [9.17, 15) is 10.2 Å². The molecule has 4 unspecified atom stereocenters. The van der Waals surface area contributed by atoms with Crippen LogP contribution in [0.2, 0.25) is 0 Å². The second kappa shape index (κ2) is 5.79. The maximum absolute atomic E-state index is 9.96. The fourth-order valence-corrected chi connectivity index (χ4v) is 2.50. The number of nitrogens with one attached hydrogen (secondary N) is 1. The van der Waals surface area contributed by atoms with Gasteiger partial charge in [0.1, 0.15) is 5.82 Å². The number of imidazole rings is 1. The average Bonchev–Trinajstić information content (AvgIpc) is 2.87. The first-order valence-electron chi connectivity index (χ1n) is 6.18. The van der Waals surface area contributed by atoms with Gasteiger partial charge in [0, 0.05) is 38.5 Å². The normalized spacial score (nSPS) is 32.0. The lowest BCUT2D eigenvalue weighted by atomic mass is 10.1. The number of nitrogens with zero attached hydrogens (tertiary/aromatic N) is 2. The van der Waals surface area contributed by atoms with Crippen molar-refractivity contribution in [3.05, 3.63) is 18.2 Å². The van der Waals surface area contributed by atoms with Crippen LogP contribution in [0.3, 0.4) is 0 Å². The van der Waals surface area contributed by atoms with Crippen molar-refractivity contribution in [2.45, 2.75) is 31.2 Å². The molecule has 0 aliphatic heterocycles. The van der Waals surface area contributed by atoms with Gasteiger partial charge in [0.05, 0.1) is 25.4 Å². The Bertz CT molecular complexity index is 382. The summed E-state index contributed by atoms with van der Waals surface area (Å²) in [6.45, 7) is 1.05. The Kier molecular flexibility index (Phi) is 4.34. The summed E-state index contributed by atoms with van der Waals surface area (Å²) in [5.41, 5.74) is 0. The Balaban J connectivity index is 1.88. The Morgan fingerprint density at radius 1 is 1.50 bits per heavy atom. The first-order valence-corrected chi connectivity index (χ1v) is 6.18. The van der Waals surface area contributed by atoms with Crippen LogP contribution < -0.4 is 5.32 Å². The summed E-state index contributed by atoms with van der Waals surface area (Å²) in [6, 6.07) is -0.114. The Morgan fingerprint density at radius 3 is 2.89 bits per heavy atom. The zero-order chi connectivity index (χ0) is 13.1. The van der Waals surface area contributed by atoms with Gasteiger partial charge >= 0.3 is 0 Å².